The van der Waals surface area contributed by atoms with Gasteiger partial charge in [-0.1, -0.05) is 0 Å². The second-order valence-electron chi connectivity index (χ2n) is 1.45. The molecule has 0 bridgehead atoms. The Morgan fingerprint density at radius 2 is 0.824 bits per heavy atom. The van der Waals surface area contributed by atoms with Gasteiger partial charge in [-0.3, -0.25) is 17.7 Å². The molecule has 0 saturated heterocycles. The van der Waals surface area contributed by atoms with Crippen molar-refractivity contribution in [2.24, 2.45) is 0 Å². The minimum absolute atomic E-state index is 0. The molecule has 8 nitrogen and oxygen atoms in total. The van der Waals surface area contributed by atoms with E-state index < -0.39 is 28.2 Å². The average molecular weight is 259 g/mol. The molecule has 0 aromatic rings. The fourth-order valence-corrected chi connectivity index (χ4v) is 0. The molecule has 15 heteroatoms. The number of halogens is 3. The number of hydrogen-bond donors (Lipinski definition) is 7. The van der Waals surface area contributed by atoms with Gasteiger partial charge < -0.3 is 35.3 Å². The summed E-state index contributed by atoms with van der Waals surface area (Å²) in [7, 11) is -8.00. The molecule has 7 N–H and O–H groups in total. The van der Waals surface area contributed by atoms with Crippen LogP contribution in [0, 0.1) is 0 Å². The predicted molar refractivity (Wildman–Crippen MR) is 54.4 cm³/mol. The molecule has 17 heavy (non-hydrogen) atoms. The van der Waals surface area contributed by atoms with Gasteiger partial charge in [0.2, 0.25) is 0 Å². The summed E-state index contributed by atoms with van der Waals surface area (Å²) in [6.45, 7) is 1.08. The van der Waals surface area contributed by atoms with Crippen LogP contribution < -0.4 is 0 Å². The van der Waals surface area contributed by atoms with Crippen LogP contribution in [0.4, 0.5) is 12.9 Å². The first kappa shape index (κ1) is 30.1. The minimum atomic E-state index is -2.67. The molecular weight excluding hydrogens is 248 g/mol. The van der Waals surface area contributed by atoms with Gasteiger partial charge >= 0.3 is 41.0 Å². The van der Waals surface area contributed by atoms with Crippen molar-refractivity contribution < 1.29 is 53.0 Å². The third kappa shape index (κ3) is 85500. The van der Waals surface area contributed by atoms with E-state index in [1.165, 1.54) is 0 Å². The standard InChI is InChI=1S/C2H4O2.3BFH2O2.Li.H/c1-2(3)4;3*2-1(3)4;;/h1H3,(H,3,4);3*3-4H;;. The first-order chi connectivity index (χ1) is 6.93. The van der Waals surface area contributed by atoms with Crippen LogP contribution in [0.5, 0.6) is 0 Å². The van der Waals surface area contributed by atoms with Crippen molar-refractivity contribution in [3.8, 4) is 0 Å². The molecule has 0 unspecified atom stereocenters. The Bertz CT molecular complexity index is 115. The van der Waals surface area contributed by atoms with E-state index in [2.05, 4.69) is 0 Å². The van der Waals surface area contributed by atoms with Crippen molar-refractivity contribution in [3.05, 3.63) is 0 Å². The summed E-state index contributed by atoms with van der Waals surface area (Å²) in [6, 6.07) is 0. The predicted octanol–water partition coefficient (Wildman–Crippen LogP) is -3.78. The summed E-state index contributed by atoms with van der Waals surface area (Å²) >= 11 is 0. The van der Waals surface area contributed by atoms with Crippen molar-refractivity contribution in [1.29, 1.82) is 0 Å². The molecule has 98 valence electrons. The fourth-order valence-electron chi connectivity index (χ4n) is 0. The number of hydrogen-bond acceptors (Lipinski definition) is 7. The zero-order chi connectivity index (χ0) is 14.3. The van der Waals surface area contributed by atoms with E-state index in [0.717, 1.165) is 6.92 Å². The molecule has 0 heterocycles. The number of carboxylic acid groups (broad SMARTS) is 1. The van der Waals surface area contributed by atoms with E-state index in [0.29, 0.717) is 0 Å². The van der Waals surface area contributed by atoms with Gasteiger partial charge in [0.15, 0.2) is 0 Å². The van der Waals surface area contributed by atoms with Crippen molar-refractivity contribution in [1.82, 2.24) is 0 Å². The number of carboxylic acids is 1. The van der Waals surface area contributed by atoms with E-state index in [1.54, 1.807) is 0 Å². The van der Waals surface area contributed by atoms with Crippen molar-refractivity contribution in [3.63, 3.8) is 0 Å². The van der Waals surface area contributed by atoms with Crippen LogP contribution in [-0.2, 0) is 4.79 Å². The maximum atomic E-state index is 10.1. The Kier molecular flexibility index (Phi) is 44.1. The van der Waals surface area contributed by atoms with Gasteiger partial charge in [-0.2, -0.15) is 0 Å². The van der Waals surface area contributed by atoms with E-state index in [1.807, 2.05) is 0 Å². The molecule has 0 saturated carbocycles. The Hall–Kier alpha value is -0.188. The third-order valence-electron chi connectivity index (χ3n) is 0. The number of rotatable bonds is 0. The molecule has 0 fully saturated rings. The first-order valence-corrected chi connectivity index (χ1v) is 3.13. The van der Waals surface area contributed by atoms with Gasteiger partial charge in [0.25, 0.3) is 5.97 Å². The Balaban J connectivity index is -0.0000000369. The van der Waals surface area contributed by atoms with Crippen molar-refractivity contribution in [2.75, 3.05) is 0 Å². The van der Waals surface area contributed by atoms with Crippen molar-refractivity contribution >= 4 is 47.0 Å². The molecule has 0 rings (SSSR count). The van der Waals surface area contributed by atoms with E-state index >= 15 is 0 Å². The van der Waals surface area contributed by atoms with Gasteiger partial charge in [0.1, 0.15) is 0 Å². The van der Waals surface area contributed by atoms with Crippen LogP contribution in [0.1, 0.15) is 6.92 Å². The normalized spacial score (nSPS) is 6.24. The van der Waals surface area contributed by atoms with Gasteiger partial charge in [0, 0.05) is 6.92 Å². The van der Waals surface area contributed by atoms with Crippen LogP contribution in [0.25, 0.3) is 0 Å². The SMILES string of the molecule is CC(=O)O.OB(O)F.OB(O)F.OB(O)F.[LiH]. The second-order valence-corrected chi connectivity index (χ2v) is 1.45. The number of carbonyl (C=O) groups is 1. The molecule has 0 aliphatic heterocycles. The quantitative estimate of drug-likeness (QED) is 0.218. The molecule has 0 atom stereocenters. The average Bonchev–Trinajstić information content (AvgIpc) is 1.76. The Morgan fingerprint density at radius 3 is 0.824 bits per heavy atom. The fraction of sp³-hybridized carbons (Fsp3) is 0.500. The van der Waals surface area contributed by atoms with Gasteiger partial charge in [0.05, 0.1) is 0 Å². The maximum absolute atomic E-state index is 10.1. The van der Waals surface area contributed by atoms with Gasteiger partial charge in [-0.05, 0) is 0 Å². The zero-order valence-corrected chi connectivity index (χ0v) is 7.90. The van der Waals surface area contributed by atoms with Crippen LogP contribution >= 0.6 is 0 Å². The van der Waals surface area contributed by atoms with E-state index in [-0.39, 0.29) is 18.9 Å². The summed E-state index contributed by atoms with van der Waals surface area (Å²) in [4.78, 5) is 9.00. The van der Waals surface area contributed by atoms with Crippen molar-refractivity contribution in [2.45, 2.75) is 6.92 Å². The zero-order valence-electron chi connectivity index (χ0n) is 7.90. The van der Waals surface area contributed by atoms with E-state index in [4.69, 9.17) is 40.0 Å². The summed E-state index contributed by atoms with van der Waals surface area (Å²) in [5.74, 6) is -0.833. The molecule has 0 aliphatic rings. The van der Waals surface area contributed by atoms with Crippen LogP contribution in [0.2, 0.25) is 0 Å². The van der Waals surface area contributed by atoms with Gasteiger partial charge in [-0.25, -0.2) is 0 Å². The monoisotopic (exact) mass is 260 g/mol. The number of aliphatic carboxylic acids is 1. The topological polar surface area (TPSA) is 159 Å². The molecule has 0 aromatic heterocycles. The van der Waals surface area contributed by atoms with Crippen LogP contribution in [0.3, 0.4) is 0 Å². The Labute approximate surface area is 107 Å². The van der Waals surface area contributed by atoms with E-state index in [9.17, 15) is 12.9 Å². The molecule has 0 radical (unpaired) electrons. The molecule has 0 aromatic carbocycles. The second kappa shape index (κ2) is 24.9. The molecule has 0 aliphatic carbocycles. The molecule has 0 amide bonds. The van der Waals surface area contributed by atoms with Crippen LogP contribution in [-0.4, -0.2) is 82.3 Å². The van der Waals surface area contributed by atoms with Crippen LogP contribution in [0.15, 0.2) is 0 Å². The summed E-state index contributed by atoms with van der Waals surface area (Å²) in [6.07, 6.45) is 0. The summed E-state index contributed by atoms with van der Waals surface area (Å²) < 4.78 is 30.3. The summed E-state index contributed by atoms with van der Waals surface area (Å²) in [5.41, 5.74) is 0. The third-order valence-corrected chi connectivity index (χ3v) is 0. The molecule has 0 spiro atoms. The Morgan fingerprint density at radius 1 is 0.824 bits per heavy atom. The van der Waals surface area contributed by atoms with Gasteiger partial charge in [-0.15, -0.1) is 0 Å². The first-order valence-electron chi connectivity index (χ1n) is 3.13. The summed E-state index contributed by atoms with van der Waals surface area (Å²) in [5, 5.41) is 49.1. The molecular formula is C2H11B3F3LiO8.